The molecular formula is C29H36N6O3. The van der Waals surface area contributed by atoms with Crippen molar-refractivity contribution in [2.24, 2.45) is 0 Å². The molecule has 3 aromatic rings. The number of hydrogen-bond donors (Lipinski definition) is 3. The van der Waals surface area contributed by atoms with Crippen LogP contribution in [0.2, 0.25) is 0 Å². The molecule has 0 unspecified atom stereocenters. The number of morpholine rings is 1. The number of amides is 1. The molecule has 1 amide bonds. The van der Waals surface area contributed by atoms with E-state index in [1.807, 2.05) is 31.2 Å². The van der Waals surface area contributed by atoms with E-state index in [-0.39, 0.29) is 23.6 Å². The number of aryl methyl sites for hydroxylation is 1. The maximum absolute atomic E-state index is 13.4. The lowest BCUT2D eigenvalue weighted by molar-refractivity contribution is 0.0374. The summed E-state index contributed by atoms with van der Waals surface area (Å²) in [6.07, 6.45) is 4.62. The van der Waals surface area contributed by atoms with Gasteiger partial charge in [-0.3, -0.25) is 14.5 Å². The van der Waals surface area contributed by atoms with Crippen molar-refractivity contribution in [2.45, 2.75) is 38.8 Å². The standard InChI is InChI=1S/C29H36N6O3/c1-20-6-7-23(29(37)33-24-8-9-24)17-26(20)35-28(30)25(19-32-35)27(36)22-5-2-4-21(16-22)18-31-10-3-11-34-12-14-38-15-13-34/h2,4-7,16-17,19,24,31H,3,8-15,18,30H2,1H3,(H,33,37). The number of benzene rings is 2. The van der Waals surface area contributed by atoms with E-state index in [1.54, 1.807) is 18.2 Å². The van der Waals surface area contributed by atoms with Crippen LogP contribution in [0.5, 0.6) is 0 Å². The number of carbonyl (C=O) groups is 2. The second-order valence-corrected chi connectivity index (χ2v) is 10.1. The highest BCUT2D eigenvalue weighted by Crippen LogP contribution is 2.25. The first-order valence-corrected chi connectivity index (χ1v) is 13.4. The largest absolute Gasteiger partial charge is 0.383 e. The Morgan fingerprint density at radius 2 is 1.92 bits per heavy atom. The Bertz CT molecular complexity index is 1290. The van der Waals surface area contributed by atoms with Crippen LogP contribution in [0.1, 0.15) is 56.7 Å². The summed E-state index contributed by atoms with van der Waals surface area (Å²) < 4.78 is 6.94. The molecule has 9 heteroatoms. The lowest BCUT2D eigenvalue weighted by Gasteiger charge is -2.26. The van der Waals surface area contributed by atoms with Crippen molar-refractivity contribution in [2.75, 3.05) is 45.1 Å². The van der Waals surface area contributed by atoms with Crippen LogP contribution in [-0.4, -0.2) is 71.8 Å². The topological polar surface area (TPSA) is 115 Å². The smallest absolute Gasteiger partial charge is 0.251 e. The fraction of sp³-hybridized carbons (Fsp3) is 0.414. The Labute approximate surface area is 223 Å². The third-order valence-corrected chi connectivity index (χ3v) is 7.11. The molecule has 1 aliphatic heterocycles. The molecule has 2 heterocycles. The highest BCUT2D eigenvalue weighted by Gasteiger charge is 2.25. The fourth-order valence-corrected chi connectivity index (χ4v) is 4.66. The van der Waals surface area contributed by atoms with Gasteiger partial charge in [0, 0.05) is 36.8 Å². The monoisotopic (exact) mass is 516 g/mol. The van der Waals surface area contributed by atoms with E-state index < -0.39 is 0 Å². The van der Waals surface area contributed by atoms with E-state index in [1.165, 1.54) is 10.9 Å². The lowest BCUT2D eigenvalue weighted by atomic mass is 10.0. The number of hydrogen-bond acceptors (Lipinski definition) is 7. The molecular weight excluding hydrogens is 480 g/mol. The average molecular weight is 517 g/mol. The number of rotatable bonds is 11. The number of ketones is 1. The van der Waals surface area contributed by atoms with Gasteiger partial charge in [-0.1, -0.05) is 24.3 Å². The molecule has 4 N–H and O–H groups in total. The van der Waals surface area contributed by atoms with E-state index in [4.69, 9.17) is 10.5 Å². The number of nitrogens with one attached hydrogen (secondary N) is 2. The minimum absolute atomic E-state index is 0.109. The zero-order valence-corrected chi connectivity index (χ0v) is 21.9. The Morgan fingerprint density at radius 3 is 2.71 bits per heavy atom. The summed E-state index contributed by atoms with van der Waals surface area (Å²) in [6.45, 7) is 8.24. The van der Waals surface area contributed by atoms with Gasteiger partial charge in [-0.2, -0.15) is 5.10 Å². The Hall–Kier alpha value is -3.53. The molecule has 9 nitrogen and oxygen atoms in total. The van der Waals surface area contributed by atoms with E-state index >= 15 is 0 Å². The van der Waals surface area contributed by atoms with Crippen molar-refractivity contribution < 1.29 is 14.3 Å². The van der Waals surface area contributed by atoms with Crippen LogP contribution in [0.15, 0.2) is 48.7 Å². The van der Waals surface area contributed by atoms with Crippen LogP contribution in [-0.2, 0) is 11.3 Å². The number of carbonyl (C=O) groups excluding carboxylic acids is 2. The number of anilines is 1. The second-order valence-electron chi connectivity index (χ2n) is 10.1. The van der Waals surface area contributed by atoms with Crippen molar-refractivity contribution >= 4 is 17.5 Å². The third-order valence-electron chi connectivity index (χ3n) is 7.11. The molecule has 2 aromatic carbocycles. The van der Waals surface area contributed by atoms with Crippen LogP contribution in [0.3, 0.4) is 0 Å². The molecule has 0 atom stereocenters. The molecule has 200 valence electrons. The summed E-state index contributed by atoms with van der Waals surface area (Å²) in [5, 5.41) is 10.9. The summed E-state index contributed by atoms with van der Waals surface area (Å²) in [7, 11) is 0. The zero-order valence-electron chi connectivity index (χ0n) is 21.9. The highest BCUT2D eigenvalue weighted by molar-refractivity contribution is 6.11. The summed E-state index contributed by atoms with van der Waals surface area (Å²) in [5.74, 6) is -0.0324. The van der Waals surface area contributed by atoms with Gasteiger partial charge in [0.2, 0.25) is 0 Å². The van der Waals surface area contributed by atoms with Crippen molar-refractivity contribution in [3.63, 3.8) is 0 Å². The van der Waals surface area contributed by atoms with Gasteiger partial charge in [0.15, 0.2) is 5.78 Å². The van der Waals surface area contributed by atoms with E-state index in [2.05, 4.69) is 20.6 Å². The fourth-order valence-electron chi connectivity index (χ4n) is 4.66. The number of ether oxygens (including phenoxy) is 1. The van der Waals surface area contributed by atoms with E-state index in [0.717, 1.165) is 69.8 Å². The Balaban J connectivity index is 1.23. The Kier molecular flexibility index (Phi) is 8.17. The van der Waals surface area contributed by atoms with Crippen LogP contribution in [0.25, 0.3) is 5.69 Å². The predicted octanol–water partition coefficient (Wildman–Crippen LogP) is 2.70. The summed E-state index contributed by atoms with van der Waals surface area (Å²) in [5.41, 5.74) is 10.5. The molecule has 1 saturated heterocycles. The minimum atomic E-state index is -0.178. The number of nitrogens with zero attached hydrogens (tertiary/aromatic N) is 3. The molecule has 1 saturated carbocycles. The maximum atomic E-state index is 13.4. The molecule has 2 aliphatic rings. The van der Waals surface area contributed by atoms with Crippen LogP contribution in [0.4, 0.5) is 5.82 Å². The second kappa shape index (κ2) is 11.9. The minimum Gasteiger partial charge on any atom is -0.383 e. The molecule has 1 aromatic heterocycles. The van der Waals surface area contributed by atoms with Gasteiger partial charge in [0.05, 0.1) is 30.7 Å². The molecule has 2 fully saturated rings. The van der Waals surface area contributed by atoms with Gasteiger partial charge in [-0.05, 0) is 68.6 Å². The van der Waals surface area contributed by atoms with Gasteiger partial charge in [-0.25, -0.2) is 4.68 Å². The van der Waals surface area contributed by atoms with Crippen LogP contribution >= 0.6 is 0 Å². The normalized spacial score (nSPS) is 15.9. The van der Waals surface area contributed by atoms with Crippen molar-refractivity contribution in [1.82, 2.24) is 25.3 Å². The quantitative estimate of drug-likeness (QED) is 0.265. The Morgan fingerprint density at radius 1 is 1.11 bits per heavy atom. The van der Waals surface area contributed by atoms with E-state index in [9.17, 15) is 9.59 Å². The van der Waals surface area contributed by atoms with E-state index in [0.29, 0.717) is 28.9 Å². The SMILES string of the molecule is Cc1ccc(C(=O)NC2CC2)cc1-n1ncc(C(=O)c2cccc(CNCCCN3CCOCC3)c2)c1N. The van der Waals surface area contributed by atoms with Gasteiger partial charge in [-0.15, -0.1) is 0 Å². The zero-order chi connectivity index (χ0) is 26.5. The lowest BCUT2D eigenvalue weighted by Crippen LogP contribution is -2.37. The van der Waals surface area contributed by atoms with Gasteiger partial charge < -0.3 is 21.1 Å². The first kappa shape index (κ1) is 26.1. The van der Waals surface area contributed by atoms with Gasteiger partial charge in [0.25, 0.3) is 5.91 Å². The molecule has 0 spiro atoms. The molecule has 0 radical (unpaired) electrons. The van der Waals surface area contributed by atoms with Gasteiger partial charge >= 0.3 is 0 Å². The summed E-state index contributed by atoms with van der Waals surface area (Å²) in [6, 6.07) is 13.3. The van der Waals surface area contributed by atoms with Crippen molar-refractivity contribution in [1.29, 1.82) is 0 Å². The highest BCUT2D eigenvalue weighted by atomic mass is 16.5. The average Bonchev–Trinajstić information content (AvgIpc) is 3.67. The summed E-state index contributed by atoms with van der Waals surface area (Å²) >= 11 is 0. The molecule has 0 bridgehead atoms. The van der Waals surface area contributed by atoms with Crippen molar-refractivity contribution in [3.8, 4) is 5.69 Å². The van der Waals surface area contributed by atoms with Gasteiger partial charge in [0.1, 0.15) is 5.82 Å². The van der Waals surface area contributed by atoms with Crippen LogP contribution in [0, 0.1) is 6.92 Å². The number of nitrogens with two attached hydrogens (primary N) is 1. The molecule has 1 aliphatic carbocycles. The first-order chi connectivity index (χ1) is 18.5. The van der Waals surface area contributed by atoms with Crippen molar-refractivity contribution in [3.05, 3.63) is 76.5 Å². The first-order valence-electron chi connectivity index (χ1n) is 13.4. The number of aromatic nitrogens is 2. The predicted molar refractivity (Wildman–Crippen MR) is 147 cm³/mol. The van der Waals surface area contributed by atoms with Crippen LogP contribution < -0.4 is 16.4 Å². The summed E-state index contributed by atoms with van der Waals surface area (Å²) in [4.78, 5) is 28.3. The maximum Gasteiger partial charge on any atom is 0.251 e. The molecule has 38 heavy (non-hydrogen) atoms. The third kappa shape index (κ3) is 6.30. The number of nitrogen functional groups attached to an aromatic ring is 1. The molecule has 5 rings (SSSR count).